The van der Waals surface area contributed by atoms with Gasteiger partial charge in [-0.1, -0.05) is 5.16 Å². The van der Waals surface area contributed by atoms with Crippen LogP contribution in [0.25, 0.3) is 0 Å². The number of amidine groups is 1. The van der Waals surface area contributed by atoms with E-state index in [0.29, 0.717) is 0 Å². The highest BCUT2D eigenvalue weighted by molar-refractivity contribution is 5.84. The zero-order chi connectivity index (χ0) is 10.6. The average molecular weight is 201 g/mol. The van der Waals surface area contributed by atoms with E-state index in [1.54, 1.807) is 0 Å². The Morgan fingerprint density at radius 3 is 2.79 bits per heavy atom. The second-order valence-corrected chi connectivity index (χ2v) is 2.57. The molecule has 0 saturated heterocycles. The second-order valence-electron chi connectivity index (χ2n) is 2.57. The molecular formula is C8H9F2N3O. The van der Waals surface area contributed by atoms with Gasteiger partial charge in [-0.2, -0.15) is 0 Å². The summed E-state index contributed by atoms with van der Waals surface area (Å²) < 4.78 is 25.4. The van der Waals surface area contributed by atoms with Crippen molar-refractivity contribution in [3.63, 3.8) is 0 Å². The lowest BCUT2D eigenvalue weighted by molar-refractivity contribution is 0.317. The Kier molecular flexibility index (Phi) is 3.22. The summed E-state index contributed by atoms with van der Waals surface area (Å²) in [6, 6.07) is 3.08. The van der Waals surface area contributed by atoms with Crippen LogP contribution >= 0.6 is 0 Å². The zero-order valence-electron chi connectivity index (χ0n) is 7.17. The molecule has 0 amide bonds. The minimum atomic E-state index is -0.726. The Balaban J connectivity index is 2.68. The summed E-state index contributed by atoms with van der Waals surface area (Å²) in [5.74, 6) is -1.47. The smallest absolute Gasteiger partial charge is 0.158 e. The standard InChI is InChI=1S/C8H9F2N3O/c9-5-1-2-7(6(10)3-5)12-4-8(11)13-14/h1-3,12,14H,4H2,(H2,11,13). The zero-order valence-corrected chi connectivity index (χ0v) is 7.17. The van der Waals surface area contributed by atoms with Gasteiger partial charge in [0.25, 0.3) is 0 Å². The van der Waals surface area contributed by atoms with Crippen molar-refractivity contribution in [2.24, 2.45) is 10.9 Å². The molecule has 4 N–H and O–H groups in total. The third-order valence-electron chi connectivity index (χ3n) is 1.52. The normalized spacial score (nSPS) is 11.4. The number of nitrogens with two attached hydrogens (primary N) is 1. The fraction of sp³-hybridized carbons (Fsp3) is 0.125. The Morgan fingerprint density at radius 1 is 1.50 bits per heavy atom. The maximum absolute atomic E-state index is 13.0. The first-order valence-corrected chi connectivity index (χ1v) is 3.79. The molecule has 0 aliphatic heterocycles. The number of anilines is 1. The molecule has 0 fully saturated rings. The molecule has 1 aromatic carbocycles. The van der Waals surface area contributed by atoms with Gasteiger partial charge in [0.2, 0.25) is 0 Å². The number of halogens is 2. The molecule has 0 aliphatic carbocycles. The molecule has 0 aliphatic rings. The summed E-state index contributed by atoms with van der Waals surface area (Å²) in [6.45, 7) is -0.0148. The molecule has 6 heteroatoms. The van der Waals surface area contributed by atoms with Gasteiger partial charge in [0, 0.05) is 6.07 Å². The maximum atomic E-state index is 13.0. The molecule has 0 bridgehead atoms. The van der Waals surface area contributed by atoms with Crippen molar-refractivity contribution in [1.29, 1.82) is 0 Å². The summed E-state index contributed by atoms with van der Waals surface area (Å²) >= 11 is 0. The van der Waals surface area contributed by atoms with Crippen molar-refractivity contribution in [2.45, 2.75) is 0 Å². The number of hydrogen-bond donors (Lipinski definition) is 3. The lowest BCUT2D eigenvalue weighted by Gasteiger charge is -2.05. The van der Waals surface area contributed by atoms with E-state index in [1.165, 1.54) is 6.07 Å². The van der Waals surface area contributed by atoms with Gasteiger partial charge in [0.15, 0.2) is 5.84 Å². The Bertz CT molecular complexity index is 354. The van der Waals surface area contributed by atoms with Crippen LogP contribution in [0, 0.1) is 11.6 Å². The quantitative estimate of drug-likeness (QED) is 0.297. The number of nitrogens with zero attached hydrogens (tertiary/aromatic N) is 1. The fourth-order valence-electron chi connectivity index (χ4n) is 0.854. The van der Waals surface area contributed by atoms with Crippen molar-refractivity contribution < 1.29 is 14.0 Å². The van der Waals surface area contributed by atoms with E-state index in [1.807, 2.05) is 0 Å². The molecule has 0 atom stereocenters. The van der Waals surface area contributed by atoms with Crippen LogP contribution in [-0.2, 0) is 0 Å². The van der Waals surface area contributed by atoms with Gasteiger partial charge >= 0.3 is 0 Å². The molecule has 0 saturated carbocycles. The molecule has 1 aromatic rings. The van der Waals surface area contributed by atoms with E-state index >= 15 is 0 Å². The van der Waals surface area contributed by atoms with Gasteiger partial charge in [0.05, 0.1) is 12.2 Å². The Morgan fingerprint density at radius 2 is 2.21 bits per heavy atom. The van der Waals surface area contributed by atoms with Crippen molar-refractivity contribution in [3.8, 4) is 0 Å². The molecule has 0 heterocycles. The lowest BCUT2D eigenvalue weighted by atomic mass is 10.3. The monoisotopic (exact) mass is 201 g/mol. The van der Waals surface area contributed by atoms with E-state index in [4.69, 9.17) is 10.9 Å². The van der Waals surface area contributed by atoms with E-state index in [9.17, 15) is 8.78 Å². The SMILES string of the molecule is N/C(CNc1ccc(F)cc1F)=N/O. The van der Waals surface area contributed by atoms with Crippen LogP contribution in [0.15, 0.2) is 23.4 Å². The molecule has 76 valence electrons. The van der Waals surface area contributed by atoms with Crippen molar-refractivity contribution >= 4 is 11.5 Å². The molecule has 4 nitrogen and oxygen atoms in total. The number of rotatable bonds is 3. The van der Waals surface area contributed by atoms with E-state index in [2.05, 4.69) is 10.5 Å². The van der Waals surface area contributed by atoms with Gasteiger partial charge in [-0.25, -0.2) is 8.78 Å². The second kappa shape index (κ2) is 4.40. The Hall–Kier alpha value is -1.85. The molecule has 1 rings (SSSR count). The first kappa shape index (κ1) is 10.2. The van der Waals surface area contributed by atoms with Crippen LogP contribution in [0.1, 0.15) is 0 Å². The number of oxime groups is 1. The highest BCUT2D eigenvalue weighted by Crippen LogP contribution is 2.14. The van der Waals surface area contributed by atoms with Crippen LogP contribution in [0.2, 0.25) is 0 Å². The maximum Gasteiger partial charge on any atom is 0.158 e. The van der Waals surface area contributed by atoms with Crippen LogP contribution in [-0.4, -0.2) is 17.6 Å². The third kappa shape index (κ3) is 2.58. The summed E-state index contributed by atoms with van der Waals surface area (Å²) in [7, 11) is 0. The highest BCUT2D eigenvalue weighted by atomic mass is 19.1. The van der Waals surface area contributed by atoms with Gasteiger partial charge in [-0.3, -0.25) is 0 Å². The molecule has 0 spiro atoms. The minimum Gasteiger partial charge on any atom is -0.409 e. The number of hydrogen-bond acceptors (Lipinski definition) is 3. The van der Waals surface area contributed by atoms with Crippen LogP contribution < -0.4 is 11.1 Å². The van der Waals surface area contributed by atoms with Crippen molar-refractivity contribution in [2.75, 3.05) is 11.9 Å². The molecule has 0 unspecified atom stereocenters. The Labute approximate surface area is 79.0 Å². The van der Waals surface area contributed by atoms with Crippen molar-refractivity contribution in [1.82, 2.24) is 0 Å². The van der Waals surface area contributed by atoms with Gasteiger partial charge in [0.1, 0.15) is 11.6 Å². The van der Waals surface area contributed by atoms with Gasteiger partial charge in [-0.05, 0) is 12.1 Å². The summed E-state index contributed by atoms with van der Waals surface area (Å²) in [6.07, 6.45) is 0. The topological polar surface area (TPSA) is 70.6 Å². The first-order chi connectivity index (χ1) is 6.63. The van der Waals surface area contributed by atoms with Crippen molar-refractivity contribution in [3.05, 3.63) is 29.8 Å². The summed E-state index contributed by atoms with van der Waals surface area (Å²) in [5, 5.41) is 13.4. The molecule has 14 heavy (non-hydrogen) atoms. The number of benzene rings is 1. The van der Waals surface area contributed by atoms with Gasteiger partial charge in [-0.15, -0.1) is 0 Å². The summed E-state index contributed by atoms with van der Waals surface area (Å²) in [4.78, 5) is 0. The van der Waals surface area contributed by atoms with Gasteiger partial charge < -0.3 is 16.3 Å². The lowest BCUT2D eigenvalue weighted by Crippen LogP contribution is -2.22. The molecule has 0 radical (unpaired) electrons. The van der Waals surface area contributed by atoms with Crippen LogP contribution in [0.4, 0.5) is 14.5 Å². The first-order valence-electron chi connectivity index (χ1n) is 3.79. The van der Waals surface area contributed by atoms with E-state index < -0.39 is 11.6 Å². The predicted molar refractivity (Wildman–Crippen MR) is 48.3 cm³/mol. The van der Waals surface area contributed by atoms with E-state index in [0.717, 1.165) is 12.1 Å². The fourth-order valence-corrected chi connectivity index (χ4v) is 0.854. The largest absolute Gasteiger partial charge is 0.409 e. The predicted octanol–water partition coefficient (Wildman–Crippen LogP) is 1.12. The number of nitrogens with one attached hydrogen (secondary N) is 1. The third-order valence-corrected chi connectivity index (χ3v) is 1.52. The van der Waals surface area contributed by atoms with E-state index in [-0.39, 0.29) is 18.1 Å². The average Bonchev–Trinajstić information content (AvgIpc) is 2.16. The summed E-state index contributed by atoms with van der Waals surface area (Å²) in [5.41, 5.74) is 5.24. The molecule has 0 aromatic heterocycles. The highest BCUT2D eigenvalue weighted by Gasteiger charge is 2.03. The minimum absolute atomic E-state index is 0.0148. The molecular weight excluding hydrogens is 192 g/mol. The van der Waals surface area contributed by atoms with Crippen LogP contribution in [0.3, 0.4) is 0 Å². The van der Waals surface area contributed by atoms with Crippen LogP contribution in [0.5, 0.6) is 0 Å².